The number of amides is 2. The summed E-state index contributed by atoms with van der Waals surface area (Å²) in [6.07, 6.45) is 1.61. The number of urea groups is 1. The van der Waals surface area contributed by atoms with E-state index in [0.717, 1.165) is 16.8 Å². The lowest BCUT2D eigenvalue weighted by Gasteiger charge is -2.13. The fourth-order valence-corrected chi connectivity index (χ4v) is 2.52. The summed E-state index contributed by atoms with van der Waals surface area (Å²) < 4.78 is 0. The van der Waals surface area contributed by atoms with Crippen molar-refractivity contribution in [2.24, 2.45) is 0 Å². The average Bonchev–Trinajstić information content (AvgIpc) is 2.63. The van der Waals surface area contributed by atoms with Crippen LogP contribution in [0.4, 0.5) is 22.1 Å². The van der Waals surface area contributed by atoms with Gasteiger partial charge in [-0.15, -0.1) is 0 Å². The highest BCUT2D eigenvalue weighted by atomic mass is 16.3. The summed E-state index contributed by atoms with van der Waals surface area (Å²) >= 11 is 0. The fraction of sp³-hybridized carbons (Fsp3) is 0.222. The smallest absolute Gasteiger partial charge is 0.320 e. The highest BCUT2D eigenvalue weighted by Gasteiger charge is 2.09. The molecule has 0 spiro atoms. The van der Waals surface area contributed by atoms with E-state index in [1.165, 1.54) is 0 Å². The van der Waals surface area contributed by atoms with Crippen LogP contribution in [-0.4, -0.2) is 32.6 Å². The van der Waals surface area contributed by atoms with Crippen molar-refractivity contribution in [2.75, 3.05) is 17.2 Å². The van der Waals surface area contributed by atoms with Crippen LogP contribution in [0.15, 0.2) is 36.5 Å². The van der Waals surface area contributed by atoms with Crippen LogP contribution in [-0.2, 0) is 6.61 Å². The molecule has 8 heteroatoms. The molecule has 8 nitrogen and oxygen atoms in total. The van der Waals surface area contributed by atoms with E-state index in [2.05, 4.69) is 30.9 Å². The zero-order valence-electron chi connectivity index (χ0n) is 14.6. The number of carbonyl (C=O) groups is 1. The normalized spacial score (nSPS) is 10.6. The zero-order valence-corrected chi connectivity index (χ0v) is 14.6. The Kier molecular flexibility index (Phi) is 5.23. The third kappa shape index (κ3) is 3.86. The zero-order chi connectivity index (χ0) is 18.5. The second-order valence-corrected chi connectivity index (χ2v) is 5.67. The fourth-order valence-electron chi connectivity index (χ4n) is 2.52. The first-order valence-electron chi connectivity index (χ1n) is 8.25. The third-order valence-electron chi connectivity index (χ3n) is 3.77. The lowest BCUT2D eigenvalue weighted by Crippen LogP contribution is -2.28. The molecule has 0 atom stereocenters. The van der Waals surface area contributed by atoms with Gasteiger partial charge in [-0.25, -0.2) is 19.7 Å². The number of carbonyl (C=O) groups excluding carboxylic acids is 1. The number of aromatic nitrogens is 3. The molecule has 0 unspecified atom stereocenters. The van der Waals surface area contributed by atoms with Gasteiger partial charge in [0.25, 0.3) is 0 Å². The molecule has 3 aromatic rings. The number of nitrogens with zero attached hydrogens (tertiary/aromatic N) is 3. The minimum atomic E-state index is -0.325. The van der Waals surface area contributed by atoms with Gasteiger partial charge < -0.3 is 15.7 Å². The van der Waals surface area contributed by atoms with E-state index in [4.69, 9.17) is 0 Å². The monoisotopic (exact) mass is 352 g/mol. The number of para-hydroxylation sites is 1. The molecule has 0 saturated carbocycles. The molecular formula is C18H20N6O2. The van der Waals surface area contributed by atoms with Crippen LogP contribution in [0.2, 0.25) is 0 Å². The molecule has 3 rings (SSSR count). The molecule has 0 radical (unpaired) electrons. The topological polar surface area (TPSA) is 112 Å². The Labute approximate surface area is 150 Å². The molecule has 2 amide bonds. The third-order valence-corrected chi connectivity index (χ3v) is 3.77. The molecule has 2 aromatic heterocycles. The predicted octanol–water partition coefficient (Wildman–Crippen LogP) is 2.71. The number of hydrogen-bond acceptors (Lipinski definition) is 6. The van der Waals surface area contributed by atoms with E-state index in [-0.39, 0.29) is 12.6 Å². The Morgan fingerprint density at radius 1 is 1.15 bits per heavy atom. The average molecular weight is 352 g/mol. The van der Waals surface area contributed by atoms with Crippen LogP contribution in [0.5, 0.6) is 0 Å². The Balaban J connectivity index is 1.90. The van der Waals surface area contributed by atoms with Crippen LogP contribution in [0.25, 0.3) is 11.2 Å². The van der Waals surface area contributed by atoms with Gasteiger partial charge in [-0.1, -0.05) is 18.2 Å². The first-order valence-corrected chi connectivity index (χ1v) is 8.25. The number of hydrogen-bond donors (Lipinski definition) is 4. The van der Waals surface area contributed by atoms with Gasteiger partial charge in [-0.2, -0.15) is 0 Å². The van der Waals surface area contributed by atoms with Crippen molar-refractivity contribution < 1.29 is 9.90 Å². The van der Waals surface area contributed by atoms with Gasteiger partial charge in [0.15, 0.2) is 11.5 Å². The van der Waals surface area contributed by atoms with Crippen molar-refractivity contribution in [1.82, 2.24) is 20.3 Å². The van der Waals surface area contributed by atoms with Gasteiger partial charge in [-0.3, -0.25) is 5.32 Å². The molecule has 0 bridgehead atoms. The Morgan fingerprint density at radius 2 is 1.96 bits per heavy atom. The Hall–Kier alpha value is -3.26. The lowest BCUT2D eigenvalue weighted by molar-refractivity contribution is 0.252. The summed E-state index contributed by atoms with van der Waals surface area (Å²) in [5, 5.41) is 18.0. The molecule has 0 fully saturated rings. The molecule has 0 aliphatic rings. The molecule has 0 aliphatic carbocycles. The first kappa shape index (κ1) is 17.6. The molecule has 0 saturated heterocycles. The Morgan fingerprint density at radius 3 is 2.73 bits per heavy atom. The van der Waals surface area contributed by atoms with E-state index >= 15 is 0 Å². The van der Waals surface area contributed by atoms with E-state index in [9.17, 15) is 9.90 Å². The summed E-state index contributed by atoms with van der Waals surface area (Å²) in [7, 11) is 0. The predicted molar refractivity (Wildman–Crippen MR) is 100 cm³/mol. The quantitative estimate of drug-likeness (QED) is 0.562. The molecule has 1 aromatic carbocycles. The summed E-state index contributed by atoms with van der Waals surface area (Å²) in [6.45, 7) is 4.23. The minimum Gasteiger partial charge on any atom is -0.392 e. The van der Waals surface area contributed by atoms with Crippen LogP contribution >= 0.6 is 0 Å². The molecule has 2 heterocycles. The lowest BCUT2D eigenvalue weighted by atomic mass is 10.1. The summed E-state index contributed by atoms with van der Waals surface area (Å²) in [6, 6.07) is 8.77. The van der Waals surface area contributed by atoms with E-state index in [0.29, 0.717) is 29.3 Å². The second kappa shape index (κ2) is 7.75. The maximum absolute atomic E-state index is 11.6. The van der Waals surface area contributed by atoms with Gasteiger partial charge in [0.2, 0.25) is 0 Å². The van der Waals surface area contributed by atoms with E-state index in [1.54, 1.807) is 18.3 Å². The molecule has 4 N–H and O–H groups in total. The molecular weight excluding hydrogens is 332 g/mol. The van der Waals surface area contributed by atoms with Crippen LogP contribution in [0.1, 0.15) is 18.1 Å². The van der Waals surface area contributed by atoms with Crippen LogP contribution < -0.4 is 16.0 Å². The number of fused-ring (bicyclic) bond motifs is 1. The standard InChI is InChI=1S/C18H20N6O2/c1-3-19-18(26)24-14-8-7-13-17(22-14)23-15(9-20-13)21-16-11(2)5-4-6-12(16)10-25/h4-9,25H,3,10H2,1-2H3,(H3,19,21,22,23,24,26). The Bertz CT molecular complexity index is 944. The summed E-state index contributed by atoms with van der Waals surface area (Å²) in [4.78, 5) is 24.8. The van der Waals surface area contributed by atoms with Crippen LogP contribution in [0.3, 0.4) is 0 Å². The van der Waals surface area contributed by atoms with E-state index < -0.39 is 0 Å². The maximum Gasteiger partial charge on any atom is 0.320 e. The number of benzene rings is 1. The SMILES string of the molecule is CCNC(=O)Nc1ccc2ncc(Nc3c(C)cccc3CO)nc2n1. The number of pyridine rings is 1. The van der Waals surface area contributed by atoms with Gasteiger partial charge in [0.1, 0.15) is 11.3 Å². The highest BCUT2D eigenvalue weighted by molar-refractivity contribution is 5.89. The van der Waals surface area contributed by atoms with Gasteiger partial charge >= 0.3 is 6.03 Å². The minimum absolute atomic E-state index is 0.0795. The van der Waals surface area contributed by atoms with Crippen molar-refractivity contribution in [3.05, 3.63) is 47.7 Å². The first-order chi connectivity index (χ1) is 12.6. The van der Waals surface area contributed by atoms with Crippen LogP contribution in [0, 0.1) is 6.92 Å². The second-order valence-electron chi connectivity index (χ2n) is 5.67. The number of aryl methyl sites for hydroxylation is 1. The van der Waals surface area contributed by atoms with Crippen molar-refractivity contribution in [3.8, 4) is 0 Å². The van der Waals surface area contributed by atoms with Gasteiger partial charge in [-0.05, 0) is 31.5 Å². The highest BCUT2D eigenvalue weighted by Crippen LogP contribution is 2.24. The number of rotatable bonds is 5. The van der Waals surface area contributed by atoms with Crippen molar-refractivity contribution in [3.63, 3.8) is 0 Å². The number of aliphatic hydroxyl groups is 1. The number of anilines is 3. The van der Waals surface area contributed by atoms with Gasteiger partial charge in [0, 0.05) is 17.8 Å². The number of nitrogens with one attached hydrogen (secondary N) is 3. The molecule has 0 aliphatic heterocycles. The van der Waals surface area contributed by atoms with Crippen molar-refractivity contribution >= 4 is 34.5 Å². The maximum atomic E-state index is 11.6. The van der Waals surface area contributed by atoms with E-state index in [1.807, 2.05) is 32.0 Å². The summed E-state index contributed by atoms with van der Waals surface area (Å²) in [5.41, 5.74) is 3.57. The summed E-state index contributed by atoms with van der Waals surface area (Å²) in [5.74, 6) is 0.894. The van der Waals surface area contributed by atoms with Crippen molar-refractivity contribution in [1.29, 1.82) is 0 Å². The van der Waals surface area contributed by atoms with Crippen molar-refractivity contribution in [2.45, 2.75) is 20.5 Å². The van der Waals surface area contributed by atoms with Gasteiger partial charge in [0.05, 0.1) is 12.8 Å². The number of aliphatic hydroxyl groups excluding tert-OH is 1. The molecule has 134 valence electrons. The molecule has 26 heavy (non-hydrogen) atoms. The largest absolute Gasteiger partial charge is 0.392 e.